The minimum atomic E-state index is -0.510. The number of likely N-dealkylation sites (tertiary alicyclic amines) is 1. The highest BCUT2D eigenvalue weighted by Crippen LogP contribution is 2.31. The molecule has 0 bridgehead atoms. The van der Waals surface area contributed by atoms with Crippen molar-refractivity contribution in [2.45, 2.75) is 32.6 Å². The maximum atomic E-state index is 13.1. The first-order chi connectivity index (χ1) is 17.8. The summed E-state index contributed by atoms with van der Waals surface area (Å²) in [4.78, 5) is 44.1. The second kappa shape index (κ2) is 10.2. The molecule has 13 heteroatoms. The van der Waals surface area contributed by atoms with Crippen LogP contribution < -0.4 is 10.9 Å². The first kappa shape index (κ1) is 24.8. The van der Waals surface area contributed by atoms with Gasteiger partial charge in [0.2, 0.25) is 0 Å². The van der Waals surface area contributed by atoms with Crippen LogP contribution in [0.4, 0.5) is 0 Å². The van der Waals surface area contributed by atoms with Crippen LogP contribution in [0.5, 0.6) is 0 Å². The Labute approximate surface area is 220 Å². The Morgan fingerprint density at radius 1 is 1.05 bits per heavy atom. The molecule has 0 atom stereocenters. The van der Waals surface area contributed by atoms with E-state index in [1.54, 1.807) is 33.0 Å². The number of nitrogens with one attached hydrogen (secondary N) is 2. The number of carbonyl (C=O) groups is 3. The van der Waals surface area contributed by atoms with Crippen LogP contribution >= 0.6 is 22.9 Å². The molecule has 37 heavy (non-hydrogen) atoms. The van der Waals surface area contributed by atoms with E-state index < -0.39 is 11.8 Å². The molecule has 4 heterocycles. The summed E-state index contributed by atoms with van der Waals surface area (Å²) in [5, 5.41) is 15.6. The lowest BCUT2D eigenvalue weighted by atomic mass is 9.97. The van der Waals surface area contributed by atoms with E-state index in [1.807, 2.05) is 19.9 Å². The van der Waals surface area contributed by atoms with Gasteiger partial charge >= 0.3 is 0 Å². The van der Waals surface area contributed by atoms with E-state index in [4.69, 9.17) is 11.6 Å². The second-order valence-electron chi connectivity index (χ2n) is 8.75. The number of halogens is 1. The number of hydrogen-bond donors (Lipinski definition) is 2. The number of hydrazine groups is 1. The highest BCUT2D eigenvalue weighted by atomic mass is 35.5. The number of benzene rings is 1. The Kier molecular flexibility index (Phi) is 6.85. The van der Waals surface area contributed by atoms with Crippen LogP contribution in [0.1, 0.15) is 66.5 Å². The molecule has 0 radical (unpaired) electrons. The van der Waals surface area contributed by atoms with E-state index >= 15 is 0 Å². The molecule has 3 amide bonds. The molecule has 0 spiro atoms. The molecule has 4 aromatic rings. The Morgan fingerprint density at radius 3 is 2.57 bits per heavy atom. The third-order valence-electron chi connectivity index (χ3n) is 6.19. The van der Waals surface area contributed by atoms with Gasteiger partial charge in [0, 0.05) is 41.0 Å². The molecule has 2 N–H and O–H groups in total. The van der Waals surface area contributed by atoms with Crippen molar-refractivity contribution in [2.75, 3.05) is 13.1 Å². The van der Waals surface area contributed by atoms with Gasteiger partial charge < -0.3 is 4.90 Å². The fraction of sp³-hybridized carbons (Fsp3) is 0.292. The van der Waals surface area contributed by atoms with Gasteiger partial charge in [-0.2, -0.15) is 5.10 Å². The molecular weight excluding hydrogens is 516 g/mol. The number of piperidine rings is 1. The molecule has 1 aliphatic heterocycles. The van der Waals surface area contributed by atoms with Crippen molar-refractivity contribution < 1.29 is 14.4 Å². The summed E-state index contributed by atoms with van der Waals surface area (Å²) in [6, 6.07) is 8.22. The van der Waals surface area contributed by atoms with Gasteiger partial charge in [-0.15, -0.1) is 21.5 Å². The molecule has 1 aromatic carbocycles. The number of aryl methyl sites for hydroxylation is 2. The topological polar surface area (TPSA) is 134 Å². The van der Waals surface area contributed by atoms with E-state index in [2.05, 4.69) is 31.1 Å². The monoisotopic (exact) mass is 538 g/mol. The van der Waals surface area contributed by atoms with Gasteiger partial charge in [0.05, 0.1) is 16.4 Å². The highest BCUT2D eigenvalue weighted by molar-refractivity contribution is 7.09. The number of thiazole rings is 1. The maximum absolute atomic E-state index is 13.1. The normalized spacial score (nSPS) is 14.1. The molecule has 11 nitrogen and oxygen atoms in total. The van der Waals surface area contributed by atoms with Crippen LogP contribution in [0.25, 0.3) is 5.65 Å². The first-order valence-electron chi connectivity index (χ1n) is 11.6. The molecule has 1 aliphatic rings. The summed E-state index contributed by atoms with van der Waals surface area (Å²) >= 11 is 7.29. The van der Waals surface area contributed by atoms with Crippen molar-refractivity contribution in [3.63, 3.8) is 0 Å². The molecule has 5 rings (SSSR count). The lowest BCUT2D eigenvalue weighted by molar-refractivity contribution is 0.0703. The largest absolute Gasteiger partial charge is 0.337 e. The SMILES string of the molecule is Cc1cc2nnc(C(=O)N3CCC(c4nc(C(=O)NNC(=O)c5cccc(Cl)c5)cs4)CC3)c(C)n2n1. The van der Waals surface area contributed by atoms with Crippen molar-refractivity contribution in [1.82, 2.24) is 40.5 Å². The minimum absolute atomic E-state index is 0.125. The third-order valence-corrected chi connectivity index (χ3v) is 7.43. The Morgan fingerprint density at radius 2 is 1.81 bits per heavy atom. The number of carbonyl (C=O) groups excluding carboxylic acids is 3. The van der Waals surface area contributed by atoms with Gasteiger partial charge in [0.25, 0.3) is 17.7 Å². The zero-order chi connectivity index (χ0) is 26.1. The Hall–Kier alpha value is -3.90. The standard InChI is InChI=1S/C24H23ClN8O3S/c1-13-10-19-27-28-20(14(2)33(19)31-13)24(36)32-8-6-15(7-9-32)23-26-18(12-37-23)22(35)30-29-21(34)16-4-3-5-17(25)11-16/h3-5,10-12,15H,6-9H2,1-2H3,(H,29,34)(H,30,35). The number of fused-ring (bicyclic) bond motifs is 1. The first-order valence-corrected chi connectivity index (χ1v) is 12.9. The molecular formula is C24H23ClN8O3S. The van der Waals surface area contributed by atoms with Crippen LogP contribution in [0.3, 0.4) is 0 Å². The average Bonchev–Trinajstić information content (AvgIpc) is 3.54. The summed E-state index contributed by atoms with van der Waals surface area (Å²) in [6.07, 6.45) is 1.42. The van der Waals surface area contributed by atoms with E-state index in [1.165, 1.54) is 17.4 Å². The van der Waals surface area contributed by atoms with Crippen LogP contribution in [0.15, 0.2) is 35.7 Å². The smallest absolute Gasteiger partial charge is 0.289 e. The predicted molar refractivity (Wildman–Crippen MR) is 137 cm³/mol. The zero-order valence-electron chi connectivity index (χ0n) is 20.1. The lowest BCUT2D eigenvalue weighted by Gasteiger charge is -2.31. The Bertz CT molecular complexity index is 1510. The number of aromatic nitrogens is 5. The highest BCUT2D eigenvalue weighted by Gasteiger charge is 2.29. The fourth-order valence-electron chi connectivity index (χ4n) is 4.21. The van der Waals surface area contributed by atoms with E-state index in [-0.39, 0.29) is 17.5 Å². The summed E-state index contributed by atoms with van der Waals surface area (Å²) in [6.45, 7) is 4.76. The van der Waals surface area contributed by atoms with Crippen molar-refractivity contribution >= 4 is 46.3 Å². The van der Waals surface area contributed by atoms with Crippen molar-refractivity contribution in [1.29, 1.82) is 0 Å². The van der Waals surface area contributed by atoms with Gasteiger partial charge in [0.15, 0.2) is 11.3 Å². The third kappa shape index (κ3) is 5.16. The molecule has 0 aliphatic carbocycles. The van der Waals surface area contributed by atoms with Gasteiger partial charge in [-0.05, 0) is 44.9 Å². The minimum Gasteiger partial charge on any atom is -0.337 e. The van der Waals surface area contributed by atoms with Gasteiger partial charge in [-0.3, -0.25) is 25.2 Å². The number of nitrogens with zero attached hydrogens (tertiary/aromatic N) is 6. The summed E-state index contributed by atoms with van der Waals surface area (Å²) in [5.74, 6) is -1.04. The molecule has 0 saturated carbocycles. The molecule has 190 valence electrons. The van der Waals surface area contributed by atoms with Crippen molar-refractivity contribution in [3.05, 3.63) is 74.1 Å². The van der Waals surface area contributed by atoms with E-state index in [0.717, 1.165) is 10.7 Å². The van der Waals surface area contributed by atoms with Crippen LogP contribution in [0.2, 0.25) is 5.02 Å². The number of hydrogen-bond acceptors (Lipinski definition) is 8. The number of rotatable bonds is 4. The van der Waals surface area contributed by atoms with Crippen LogP contribution in [0, 0.1) is 13.8 Å². The molecule has 3 aromatic heterocycles. The molecule has 0 unspecified atom stereocenters. The van der Waals surface area contributed by atoms with Crippen LogP contribution in [-0.2, 0) is 0 Å². The average molecular weight is 539 g/mol. The van der Waals surface area contributed by atoms with E-state index in [9.17, 15) is 14.4 Å². The summed E-state index contributed by atoms with van der Waals surface area (Å²) in [5.41, 5.74) is 7.67. The lowest BCUT2D eigenvalue weighted by Crippen LogP contribution is -2.41. The van der Waals surface area contributed by atoms with Crippen molar-refractivity contribution in [3.8, 4) is 0 Å². The van der Waals surface area contributed by atoms with Gasteiger partial charge in [-0.1, -0.05) is 17.7 Å². The second-order valence-corrected chi connectivity index (χ2v) is 10.1. The molecule has 1 saturated heterocycles. The predicted octanol–water partition coefficient (Wildman–Crippen LogP) is 2.95. The zero-order valence-corrected chi connectivity index (χ0v) is 21.6. The van der Waals surface area contributed by atoms with Crippen LogP contribution in [-0.4, -0.2) is 60.5 Å². The maximum Gasteiger partial charge on any atom is 0.289 e. The Balaban J connectivity index is 1.17. The van der Waals surface area contributed by atoms with E-state index in [0.29, 0.717) is 53.6 Å². The van der Waals surface area contributed by atoms with Gasteiger partial charge in [-0.25, -0.2) is 9.50 Å². The summed E-state index contributed by atoms with van der Waals surface area (Å²) in [7, 11) is 0. The van der Waals surface area contributed by atoms with Gasteiger partial charge in [0.1, 0.15) is 5.69 Å². The number of amides is 3. The van der Waals surface area contributed by atoms with Crippen molar-refractivity contribution in [2.24, 2.45) is 0 Å². The summed E-state index contributed by atoms with van der Waals surface area (Å²) < 4.78 is 1.64. The molecule has 1 fully saturated rings. The quantitative estimate of drug-likeness (QED) is 0.381. The fourth-order valence-corrected chi connectivity index (χ4v) is 5.38.